The zero-order valence-electron chi connectivity index (χ0n) is 22.3. The summed E-state index contributed by atoms with van der Waals surface area (Å²) in [5.41, 5.74) is 6.65. The minimum Gasteiger partial charge on any atom is -0.166 e. The quantitative estimate of drug-likeness (QED) is 0.196. The SMILES string of the molecule is Cc1ccc(-c2c3ccccc3c(-c3ccc4ccccc4c3)c3ccc(-c4ccc(C(F)(F)F)cc4)cc23)cc1. The van der Waals surface area contributed by atoms with Gasteiger partial charge in [-0.2, -0.15) is 13.2 Å². The summed E-state index contributed by atoms with van der Waals surface area (Å²) in [7, 11) is 0. The summed E-state index contributed by atoms with van der Waals surface area (Å²) < 4.78 is 39.8. The first-order valence-electron chi connectivity index (χ1n) is 13.6. The lowest BCUT2D eigenvalue weighted by Gasteiger charge is -2.19. The molecule has 7 aromatic carbocycles. The summed E-state index contributed by atoms with van der Waals surface area (Å²) in [5.74, 6) is 0. The maximum Gasteiger partial charge on any atom is 0.416 e. The van der Waals surface area contributed by atoms with Gasteiger partial charge in [0.1, 0.15) is 0 Å². The number of benzene rings is 7. The maximum atomic E-state index is 13.3. The second-order valence-corrected chi connectivity index (χ2v) is 10.6. The number of hydrogen-bond acceptors (Lipinski definition) is 0. The van der Waals surface area contributed by atoms with Crippen LogP contribution in [0.5, 0.6) is 0 Å². The van der Waals surface area contributed by atoms with E-state index < -0.39 is 11.7 Å². The summed E-state index contributed by atoms with van der Waals surface area (Å²) in [5, 5.41) is 6.82. The van der Waals surface area contributed by atoms with Gasteiger partial charge >= 0.3 is 6.18 Å². The molecule has 41 heavy (non-hydrogen) atoms. The second kappa shape index (κ2) is 9.64. The van der Waals surface area contributed by atoms with Gasteiger partial charge in [-0.15, -0.1) is 0 Å². The number of halogens is 3. The molecule has 0 radical (unpaired) electrons. The molecule has 0 spiro atoms. The molecule has 0 N–H and O–H groups in total. The van der Waals surface area contributed by atoms with Gasteiger partial charge in [0.2, 0.25) is 0 Å². The molecule has 0 heterocycles. The van der Waals surface area contributed by atoms with E-state index in [9.17, 15) is 13.2 Å². The van der Waals surface area contributed by atoms with E-state index in [1.54, 1.807) is 12.1 Å². The van der Waals surface area contributed by atoms with Crippen molar-refractivity contribution in [3.63, 3.8) is 0 Å². The van der Waals surface area contributed by atoms with Crippen molar-refractivity contribution in [2.24, 2.45) is 0 Å². The Morgan fingerprint density at radius 3 is 1.63 bits per heavy atom. The molecule has 0 saturated carbocycles. The fraction of sp³-hybridized carbons (Fsp3) is 0.0526. The molecule has 0 bridgehead atoms. The van der Waals surface area contributed by atoms with Gasteiger partial charge in [-0.25, -0.2) is 0 Å². The van der Waals surface area contributed by atoms with Crippen molar-refractivity contribution in [3.8, 4) is 33.4 Å². The van der Waals surface area contributed by atoms with E-state index in [2.05, 4.69) is 104 Å². The molecular formula is C38H25F3. The average molecular weight is 539 g/mol. The van der Waals surface area contributed by atoms with Crippen molar-refractivity contribution in [2.75, 3.05) is 0 Å². The van der Waals surface area contributed by atoms with Crippen molar-refractivity contribution in [2.45, 2.75) is 13.1 Å². The number of fused-ring (bicyclic) bond motifs is 3. The van der Waals surface area contributed by atoms with Crippen molar-refractivity contribution >= 4 is 32.3 Å². The largest absolute Gasteiger partial charge is 0.416 e. The van der Waals surface area contributed by atoms with Crippen molar-refractivity contribution in [3.05, 3.63) is 145 Å². The molecule has 0 unspecified atom stereocenters. The monoisotopic (exact) mass is 538 g/mol. The maximum absolute atomic E-state index is 13.3. The molecule has 198 valence electrons. The Kier molecular flexibility index (Phi) is 5.90. The Bertz CT molecular complexity index is 2070. The highest BCUT2D eigenvalue weighted by molar-refractivity contribution is 6.22. The third kappa shape index (κ3) is 4.44. The first kappa shape index (κ1) is 25.1. The lowest BCUT2D eigenvalue weighted by Crippen LogP contribution is -2.03. The standard InChI is InChI=1S/C38H25F3/c1-24-10-12-27(13-11-24)36-32-8-4-5-9-33(32)37(30-15-14-25-6-2-3-7-28(25)22-30)34-21-18-29(23-35(34)36)26-16-19-31(20-17-26)38(39,40)41/h2-23H,1H3. The highest BCUT2D eigenvalue weighted by Crippen LogP contribution is 2.45. The van der Waals surface area contributed by atoms with Crippen LogP contribution in [-0.2, 0) is 6.18 Å². The normalized spacial score (nSPS) is 11.9. The smallest absolute Gasteiger partial charge is 0.166 e. The molecule has 0 aliphatic carbocycles. The van der Waals surface area contributed by atoms with E-state index in [0.29, 0.717) is 0 Å². The van der Waals surface area contributed by atoms with E-state index in [4.69, 9.17) is 0 Å². The van der Waals surface area contributed by atoms with Gasteiger partial charge < -0.3 is 0 Å². The van der Waals surface area contributed by atoms with Crippen LogP contribution in [0.15, 0.2) is 133 Å². The molecule has 0 atom stereocenters. The third-order valence-corrected chi connectivity index (χ3v) is 7.95. The second-order valence-electron chi connectivity index (χ2n) is 10.6. The van der Waals surface area contributed by atoms with Crippen LogP contribution >= 0.6 is 0 Å². The van der Waals surface area contributed by atoms with Crippen molar-refractivity contribution in [1.82, 2.24) is 0 Å². The van der Waals surface area contributed by atoms with E-state index in [0.717, 1.165) is 67.1 Å². The summed E-state index contributed by atoms with van der Waals surface area (Å²) in [6, 6.07) is 43.6. The zero-order valence-corrected chi connectivity index (χ0v) is 22.3. The highest BCUT2D eigenvalue weighted by atomic mass is 19.4. The lowest BCUT2D eigenvalue weighted by atomic mass is 9.84. The predicted molar refractivity (Wildman–Crippen MR) is 165 cm³/mol. The van der Waals surface area contributed by atoms with Gasteiger partial charge in [0, 0.05) is 0 Å². The Labute approximate surface area is 236 Å². The highest BCUT2D eigenvalue weighted by Gasteiger charge is 2.30. The van der Waals surface area contributed by atoms with E-state index >= 15 is 0 Å². The van der Waals surface area contributed by atoms with Gasteiger partial charge in [-0.1, -0.05) is 115 Å². The Morgan fingerprint density at radius 2 is 0.951 bits per heavy atom. The fourth-order valence-electron chi connectivity index (χ4n) is 5.90. The molecule has 7 rings (SSSR count). The summed E-state index contributed by atoms with van der Waals surface area (Å²) in [4.78, 5) is 0. The molecule has 0 aliphatic heterocycles. The topological polar surface area (TPSA) is 0 Å². The molecule has 0 aliphatic rings. The lowest BCUT2D eigenvalue weighted by molar-refractivity contribution is -0.137. The molecule has 0 nitrogen and oxygen atoms in total. The minimum atomic E-state index is -4.37. The van der Waals surface area contributed by atoms with Crippen molar-refractivity contribution in [1.29, 1.82) is 0 Å². The summed E-state index contributed by atoms with van der Waals surface area (Å²) >= 11 is 0. The third-order valence-electron chi connectivity index (χ3n) is 7.95. The molecule has 0 fully saturated rings. The van der Waals surface area contributed by atoms with Crippen LogP contribution in [0.25, 0.3) is 65.7 Å². The Morgan fingerprint density at radius 1 is 0.415 bits per heavy atom. The fourth-order valence-corrected chi connectivity index (χ4v) is 5.90. The van der Waals surface area contributed by atoms with Crippen LogP contribution < -0.4 is 0 Å². The molecule has 0 aromatic heterocycles. The van der Waals surface area contributed by atoms with Gasteiger partial charge in [0.25, 0.3) is 0 Å². The van der Waals surface area contributed by atoms with Gasteiger partial charge in [0.15, 0.2) is 0 Å². The first-order valence-corrected chi connectivity index (χ1v) is 13.6. The molecular weight excluding hydrogens is 513 g/mol. The number of hydrogen-bond donors (Lipinski definition) is 0. The van der Waals surface area contributed by atoms with Crippen LogP contribution in [-0.4, -0.2) is 0 Å². The van der Waals surface area contributed by atoms with Crippen molar-refractivity contribution < 1.29 is 13.2 Å². The van der Waals surface area contributed by atoms with Crippen LogP contribution in [0.4, 0.5) is 13.2 Å². The van der Waals surface area contributed by atoms with Gasteiger partial charge in [-0.05, 0) is 96.9 Å². The van der Waals surface area contributed by atoms with E-state index in [1.165, 1.54) is 16.3 Å². The molecule has 3 heteroatoms. The first-order chi connectivity index (χ1) is 19.9. The summed E-state index contributed by atoms with van der Waals surface area (Å²) in [6.45, 7) is 2.07. The predicted octanol–water partition coefficient (Wildman–Crippen LogP) is 11.5. The Hall–Kier alpha value is -4.89. The number of rotatable bonds is 3. The van der Waals surface area contributed by atoms with Gasteiger partial charge in [0.05, 0.1) is 5.56 Å². The van der Waals surface area contributed by atoms with Crippen LogP contribution in [0.3, 0.4) is 0 Å². The number of aryl methyl sites for hydroxylation is 1. The van der Waals surface area contributed by atoms with Crippen LogP contribution in [0, 0.1) is 6.92 Å². The minimum absolute atomic E-state index is 0.646. The summed E-state index contributed by atoms with van der Waals surface area (Å²) in [6.07, 6.45) is -4.37. The Balaban J connectivity index is 1.55. The van der Waals surface area contributed by atoms with Gasteiger partial charge in [-0.3, -0.25) is 0 Å². The van der Waals surface area contributed by atoms with Crippen LogP contribution in [0.2, 0.25) is 0 Å². The van der Waals surface area contributed by atoms with Crippen LogP contribution in [0.1, 0.15) is 11.1 Å². The average Bonchev–Trinajstić information content (AvgIpc) is 2.99. The van der Waals surface area contributed by atoms with E-state index in [1.807, 2.05) is 12.1 Å². The molecule has 0 amide bonds. The number of alkyl halides is 3. The van der Waals surface area contributed by atoms with E-state index in [-0.39, 0.29) is 0 Å². The molecule has 0 saturated heterocycles. The zero-order chi connectivity index (χ0) is 28.1. The molecule has 7 aromatic rings.